The monoisotopic (exact) mass is 515 g/mol. The molecule has 5 aromatic rings. The Morgan fingerprint density at radius 2 is 1.64 bits per heavy atom. The highest BCUT2D eigenvalue weighted by atomic mass is 35.5. The molecule has 0 unspecified atom stereocenters. The van der Waals surface area contributed by atoms with Gasteiger partial charge in [0.25, 0.3) is 0 Å². The van der Waals surface area contributed by atoms with Gasteiger partial charge in [0.15, 0.2) is 12.6 Å². The first-order valence-corrected chi connectivity index (χ1v) is 11.7. The number of aromatic nitrogens is 3. The fourth-order valence-electron chi connectivity index (χ4n) is 4.27. The van der Waals surface area contributed by atoms with Crippen LogP contribution in [0.3, 0.4) is 0 Å². The summed E-state index contributed by atoms with van der Waals surface area (Å²) < 4.78 is 7.15. The number of ether oxygens (including phenoxy) is 1. The molecule has 0 atom stereocenters. The number of rotatable bonds is 6. The first-order valence-electron chi connectivity index (χ1n) is 11.0. The Morgan fingerprint density at radius 3 is 2.39 bits per heavy atom. The number of methoxy groups -OCH3 is 1. The molecule has 0 aliphatic carbocycles. The summed E-state index contributed by atoms with van der Waals surface area (Å²) in [6.07, 6.45) is 4.97. The third kappa shape index (κ3) is 3.94. The Morgan fingerprint density at radius 1 is 0.889 bits per heavy atom. The molecule has 3 aromatic heterocycles. The van der Waals surface area contributed by atoms with Crippen molar-refractivity contribution in [3.63, 3.8) is 0 Å². The zero-order valence-electron chi connectivity index (χ0n) is 19.3. The Hall–Kier alpha value is -4.00. The van der Waals surface area contributed by atoms with E-state index in [1.54, 1.807) is 36.7 Å². The lowest BCUT2D eigenvalue weighted by Gasteiger charge is -2.14. The fraction of sp³-hybridized carbons (Fsp3) is 0.0714. The Balaban J connectivity index is 1.62. The van der Waals surface area contributed by atoms with Gasteiger partial charge in [0.05, 0.1) is 34.1 Å². The van der Waals surface area contributed by atoms with E-state index in [0.29, 0.717) is 55.1 Å². The predicted octanol–water partition coefficient (Wildman–Crippen LogP) is 6.91. The molecule has 2 aromatic carbocycles. The molecule has 5 rings (SSSR count). The summed E-state index contributed by atoms with van der Waals surface area (Å²) in [7, 11) is 3.35. The average molecular weight is 516 g/mol. The third-order valence-electron chi connectivity index (χ3n) is 6.07. The van der Waals surface area contributed by atoms with Gasteiger partial charge in [-0.3, -0.25) is 14.6 Å². The summed E-state index contributed by atoms with van der Waals surface area (Å²) in [5.74, 6) is 0.436. The first-order chi connectivity index (χ1) is 17.5. The largest absolute Gasteiger partial charge is 0.496 e. The van der Waals surface area contributed by atoms with Crippen molar-refractivity contribution in [2.24, 2.45) is 7.05 Å². The van der Waals surface area contributed by atoms with Gasteiger partial charge in [0.1, 0.15) is 11.4 Å². The summed E-state index contributed by atoms with van der Waals surface area (Å²) in [4.78, 5) is 31.9. The molecule has 0 saturated heterocycles. The SMILES string of the molecule is COc1cc(-c2nccc(-c3cccc(-c4ccc5c(C=O)cn(C)c5n4)c3Cl)c2Cl)ccc1C=O. The first kappa shape index (κ1) is 23.7. The van der Waals surface area contributed by atoms with Gasteiger partial charge in [-0.15, -0.1) is 0 Å². The van der Waals surface area contributed by atoms with Crippen LogP contribution in [0.2, 0.25) is 10.0 Å². The summed E-state index contributed by atoms with van der Waals surface area (Å²) in [5, 5.41) is 1.68. The number of fused-ring (bicyclic) bond motifs is 1. The third-order valence-corrected chi connectivity index (χ3v) is 6.86. The van der Waals surface area contributed by atoms with Gasteiger partial charge in [0.2, 0.25) is 0 Å². The van der Waals surface area contributed by atoms with Crippen LogP contribution in [0.25, 0.3) is 44.7 Å². The van der Waals surface area contributed by atoms with E-state index >= 15 is 0 Å². The molecule has 0 fully saturated rings. The number of nitrogens with zero attached hydrogens (tertiary/aromatic N) is 3. The van der Waals surface area contributed by atoms with Gasteiger partial charge in [-0.1, -0.05) is 47.5 Å². The molecule has 0 spiro atoms. The molecule has 0 N–H and O–H groups in total. The van der Waals surface area contributed by atoms with Gasteiger partial charge in [-0.2, -0.15) is 0 Å². The number of halogens is 2. The van der Waals surface area contributed by atoms with Crippen molar-refractivity contribution in [2.45, 2.75) is 0 Å². The predicted molar refractivity (Wildman–Crippen MR) is 142 cm³/mol. The van der Waals surface area contributed by atoms with E-state index in [4.69, 9.17) is 32.9 Å². The summed E-state index contributed by atoms with van der Waals surface area (Å²) in [6, 6.07) is 16.4. The maximum atomic E-state index is 11.4. The zero-order chi connectivity index (χ0) is 25.4. The van der Waals surface area contributed by atoms with Gasteiger partial charge in [0, 0.05) is 52.6 Å². The molecule has 0 radical (unpaired) electrons. The van der Waals surface area contributed by atoms with E-state index in [0.717, 1.165) is 29.1 Å². The molecule has 8 heteroatoms. The lowest BCUT2D eigenvalue weighted by atomic mass is 9.99. The van der Waals surface area contributed by atoms with Crippen LogP contribution >= 0.6 is 23.2 Å². The van der Waals surface area contributed by atoms with Gasteiger partial charge in [-0.05, 0) is 30.3 Å². The van der Waals surface area contributed by atoms with Crippen LogP contribution in [0, 0.1) is 0 Å². The Kier molecular flexibility index (Phi) is 6.31. The zero-order valence-corrected chi connectivity index (χ0v) is 20.8. The number of carbonyl (C=O) groups excluding carboxylic acids is 2. The van der Waals surface area contributed by atoms with Crippen LogP contribution in [0.5, 0.6) is 5.75 Å². The number of pyridine rings is 2. The quantitative estimate of drug-likeness (QED) is 0.229. The van der Waals surface area contributed by atoms with Gasteiger partial charge in [-0.25, -0.2) is 4.98 Å². The van der Waals surface area contributed by atoms with Crippen LogP contribution in [0.15, 0.2) is 67.0 Å². The van der Waals surface area contributed by atoms with Gasteiger partial charge >= 0.3 is 0 Å². The highest BCUT2D eigenvalue weighted by Crippen LogP contribution is 2.42. The van der Waals surface area contributed by atoms with Crippen LogP contribution < -0.4 is 4.74 Å². The molecule has 0 saturated carbocycles. The van der Waals surface area contributed by atoms with Crippen LogP contribution in [-0.2, 0) is 7.05 Å². The minimum Gasteiger partial charge on any atom is -0.496 e. The van der Waals surface area contributed by atoms with Gasteiger partial charge < -0.3 is 9.30 Å². The lowest BCUT2D eigenvalue weighted by Crippen LogP contribution is -1.94. The van der Waals surface area contributed by atoms with E-state index in [2.05, 4.69) is 4.98 Å². The second kappa shape index (κ2) is 9.57. The summed E-state index contributed by atoms with van der Waals surface area (Å²) in [6.45, 7) is 0. The number of benzene rings is 2. The van der Waals surface area contributed by atoms with Crippen molar-refractivity contribution in [1.29, 1.82) is 0 Å². The Bertz CT molecular complexity index is 1660. The van der Waals surface area contributed by atoms with Crippen molar-refractivity contribution >= 4 is 46.8 Å². The molecule has 0 bridgehead atoms. The molecule has 0 amide bonds. The molecule has 0 aliphatic rings. The molecule has 36 heavy (non-hydrogen) atoms. The molecule has 3 heterocycles. The standard InChI is InChI=1S/C28H19Cl2N3O3/c1-33-13-18(15-35)19-8-9-23(32-28(19)33)22-5-3-4-20(25(22)29)21-10-11-31-27(26(21)30)16-6-7-17(14-34)24(12-16)36-2/h3-15H,1-2H3. The number of hydrogen-bond donors (Lipinski definition) is 0. The molecule has 6 nitrogen and oxygen atoms in total. The second-order valence-electron chi connectivity index (χ2n) is 8.14. The molecular weight excluding hydrogens is 497 g/mol. The number of carbonyl (C=O) groups is 2. The van der Waals surface area contributed by atoms with E-state index in [-0.39, 0.29) is 0 Å². The number of hydrogen-bond acceptors (Lipinski definition) is 5. The van der Waals surface area contributed by atoms with Crippen molar-refractivity contribution < 1.29 is 14.3 Å². The maximum Gasteiger partial charge on any atom is 0.153 e. The lowest BCUT2D eigenvalue weighted by molar-refractivity contribution is 0.111. The highest BCUT2D eigenvalue weighted by molar-refractivity contribution is 6.39. The van der Waals surface area contributed by atoms with E-state index in [1.807, 2.05) is 41.9 Å². The fourth-order valence-corrected chi connectivity index (χ4v) is 4.92. The number of aryl methyl sites for hydroxylation is 1. The van der Waals surface area contributed by atoms with Crippen molar-refractivity contribution in [3.05, 3.63) is 88.2 Å². The van der Waals surface area contributed by atoms with Crippen molar-refractivity contribution in [3.8, 4) is 39.4 Å². The summed E-state index contributed by atoms with van der Waals surface area (Å²) >= 11 is 13.8. The van der Waals surface area contributed by atoms with Crippen LogP contribution in [0.1, 0.15) is 20.7 Å². The smallest absolute Gasteiger partial charge is 0.153 e. The minimum atomic E-state index is 0.416. The minimum absolute atomic E-state index is 0.416. The molecule has 0 aliphatic heterocycles. The normalized spacial score (nSPS) is 11.0. The van der Waals surface area contributed by atoms with E-state index in [9.17, 15) is 9.59 Å². The van der Waals surface area contributed by atoms with Crippen molar-refractivity contribution in [2.75, 3.05) is 7.11 Å². The summed E-state index contributed by atoms with van der Waals surface area (Å²) in [5.41, 5.74) is 5.79. The van der Waals surface area contributed by atoms with Crippen molar-refractivity contribution in [1.82, 2.24) is 14.5 Å². The average Bonchev–Trinajstić information content (AvgIpc) is 3.23. The Labute approximate surface area is 217 Å². The highest BCUT2D eigenvalue weighted by Gasteiger charge is 2.18. The number of aldehydes is 2. The maximum absolute atomic E-state index is 11.4. The van der Waals surface area contributed by atoms with E-state index in [1.165, 1.54) is 7.11 Å². The molecule has 178 valence electrons. The van der Waals surface area contributed by atoms with Crippen LogP contribution in [-0.4, -0.2) is 34.2 Å². The van der Waals surface area contributed by atoms with Crippen LogP contribution in [0.4, 0.5) is 0 Å². The second-order valence-corrected chi connectivity index (χ2v) is 8.90. The molecular formula is C28H19Cl2N3O3. The topological polar surface area (TPSA) is 74.1 Å². The van der Waals surface area contributed by atoms with E-state index < -0.39 is 0 Å².